The van der Waals surface area contributed by atoms with Crippen molar-refractivity contribution in [2.45, 2.75) is 34.6 Å². The van der Waals surface area contributed by atoms with Crippen molar-refractivity contribution in [2.24, 2.45) is 0 Å². The van der Waals surface area contributed by atoms with Crippen LogP contribution in [0.15, 0.2) is 48.0 Å². The van der Waals surface area contributed by atoms with E-state index in [2.05, 4.69) is 41.9 Å². The molecule has 4 rings (SSSR count). The van der Waals surface area contributed by atoms with E-state index in [1.54, 1.807) is 18.2 Å². The molecule has 1 aliphatic heterocycles. The molecule has 1 N–H and O–H groups in total. The van der Waals surface area contributed by atoms with Gasteiger partial charge in [-0.3, -0.25) is 19.8 Å². The number of aromatic nitrogens is 1. The van der Waals surface area contributed by atoms with E-state index in [1.807, 2.05) is 32.9 Å². The monoisotopic (exact) mass is 477 g/mol. The van der Waals surface area contributed by atoms with Gasteiger partial charge in [-0.2, -0.15) is 0 Å². The third-order valence-electron chi connectivity index (χ3n) is 5.89. The van der Waals surface area contributed by atoms with Crippen LogP contribution < -0.4 is 10.2 Å². The summed E-state index contributed by atoms with van der Waals surface area (Å²) in [5.41, 5.74) is 7.52. The first-order chi connectivity index (χ1) is 15.6. The highest BCUT2D eigenvalue weighted by Crippen LogP contribution is 2.29. The molecule has 1 fully saturated rings. The fourth-order valence-electron chi connectivity index (χ4n) is 4.03. The van der Waals surface area contributed by atoms with Gasteiger partial charge in [-0.15, -0.1) is 0 Å². The fourth-order valence-corrected chi connectivity index (χ4v) is 4.49. The highest BCUT2D eigenvalue weighted by Gasteiger charge is 2.35. The molecule has 0 saturated carbocycles. The molecule has 0 radical (unpaired) electrons. The molecule has 0 aliphatic carbocycles. The van der Waals surface area contributed by atoms with Gasteiger partial charge in [0.2, 0.25) is 0 Å². The third kappa shape index (κ3) is 4.12. The van der Waals surface area contributed by atoms with Crippen LogP contribution in [0.4, 0.5) is 5.69 Å². The minimum absolute atomic E-state index is 0.0153. The van der Waals surface area contributed by atoms with Crippen molar-refractivity contribution in [3.63, 3.8) is 0 Å². The summed E-state index contributed by atoms with van der Waals surface area (Å²) in [6.07, 6.45) is 1.63. The van der Waals surface area contributed by atoms with Crippen molar-refractivity contribution in [3.8, 4) is 5.69 Å². The molecule has 1 aliphatic rings. The molecule has 2 heterocycles. The molecule has 33 heavy (non-hydrogen) atoms. The van der Waals surface area contributed by atoms with Crippen LogP contribution in [-0.4, -0.2) is 21.5 Å². The predicted octanol–water partition coefficient (Wildman–Crippen LogP) is 5.50. The van der Waals surface area contributed by atoms with E-state index in [4.69, 9.17) is 23.8 Å². The summed E-state index contributed by atoms with van der Waals surface area (Å²) in [4.78, 5) is 27.4. The quantitative estimate of drug-likeness (QED) is 0.307. The molecule has 7 heteroatoms. The number of nitrogens with zero attached hydrogens (tertiary/aromatic N) is 2. The standard InChI is InChI=1S/C26H24ClN3O2S/c1-14-6-7-16(3)23(10-14)29-17(4)11-19(18(29)5)12-21-24(31)28-26(33)30(25(21)32)20-9-8-15(2)22(27)13-20/h6-13H,1-5H3,(H,28,31,33)/b21-12+. The Hall–Kier alpha value is -3.22. The zero-order chi connectivity index (χ0) is 24.0. The maximum Gasteiger partial charge on any atom is 0.270 e. The number of hydrogen-bond acceptors (Lipinski definition) is 3. The minimum atomic E-state index is -0.518. The molecule has 2 aromatic carbocycles. The Labute approximate surface area is 203 Å². The average molecular weight is 478 g/mol. The number of anilines is 1. The van der Waals surface area contributed by atoms with Gasteiger partial charge in [0, 0.05) is 22.1 Å². The molecule has 0 unspecified atom stereocenters. The van der Waals surface area contributed by atoms with E-state index in [9.17, 15) is 9.59 Å². The van der Waals surface area contributed by atoms with Crippen molar-refractivity contribution < 1.29 is 9.59 Å². The second-order valence-electron chi connectivity index (χ2n) is 8.34. The van der Waals surface area contributed by atoms with E-state index >= 15 is 0 Å². The Morgan fingerprint density at radius 2 is 1.64 bits per heavy atom. The van der Waals surface area contributed by atoms with E-state index in [0.717, 1.165) is 39.3 Å². The first kappa shape index (κ1) is 23.0. The Morgan fingerprint density at radius 3 is 2.33 bits per heavy atom. The van der Waals surface area contributed by atoms with Crippen molar-refractivity contribution >= 4 is 52.5 Å². The van der Waals surface area contributed by atoms with Crippen LogP contribution in [0.3, 0.4) is 0 Å². The van der Waals surface area contributed by atoms with Gasteiger partial charge in [0.1, 0.15) is 5.57 Å². The number of nitrogens with one attached hydrogen (secondary N) is 1. The van der Waals surface area contributed by atoms with Crippen LogP contribution in [0.25, 0.3) is 11.8 Å². The van der Waals surface area contributed by atoms with Gasteiger partial charge in [0.05, 0.1) is 5.69 Å². The lowest BCUT2D eigenvalue weighted by molar-refractivity contribution is -0.122. The third-order valence-corrected chi connectivity index (χ3v) is 6.58. The molecule has 0 spiro atoms. The fraction of sp³-hybridized carbons (Fsp3) is 0.192. The Kier molecular flexibility index (Phi) is 5.99. The molecule has 0 bridgehead atoms. The van der Waals surface area contributed by atoms with Crippen molar-refractivity contribution in [2.75, 3.05) is 4.90 Å². The number of hydrogen-bond donors (Lipinski definition) is 1. The molecule has 3 aromatic rings. The van der Waals surface area contributed by atoms with Gasteiger partial charge in [-0.05, 0) is 99.4 Å². The lowest BCUT2D eigenvalue weighted by Gasteiger charge is -2.29. The largest absolute Gasteiger partial charge is 0.318 e. The zero-order valence-corrected chi connectivity index (χ0v) is 20.7. The summed E-state index contributed by atoms with van der Waals surface area (Å²) in [6.45, 7) is 9.99. The smallest absolute Gasteiger partial charge is 0.270 e. The van der Waals surface area contributed by atoms with Crippen LogP contribution in [0.2, 0.25) is 5.02 Å². The average Bonchev–Trinajstić information content (AvgIpc) is 3.02. The lowest BCUT2D eigenvalue weighted by atomic mass is 10.1. The number of halogens is 1. The van der Waals surface area contributed by atoms with Crippen molar-refractivity contribution in [1.29, 1.82) is 0 Å². The van der Waals surface area contributed by atoms with Gasteiger partial charge in [-0.1, -0.05) is 29.8 Å². The number of thiocarbonyl (C=S) groups is 1. The van der Waals surface area contributed by atoms with Crippen molar-refractivity contribution in [1.82, 2.24) is 9.88 Å². The molecule has 0 atom stereocenters. The number of carbonyl (C=O) groups is 2. The van der Waals surface area contributed by atoms with Crippen LogP contribution in [-0.2, 0) is 9.59 Å². The summed E-state index contributed by atoms with van der Waals surface area (Å²) in [6, 6.07) is 13.5. The molecule has 2 amide bonds. The normalized spacial score (nSPS) is 15.4. The number of rotatable bonds is 3. The molecule has 1 aromatic heterocycles. The molecular weight excluding hydrogens is 454 g/mol. The van der Waals surface area contributed by atoms with E-state index in [0.29, 0.717) is 10.7 Å². The number of aryl methyl sites for hydroxylation is 4. The van der Waals surface area contributed by atoms with Crippen molar-refractivity contribution in [3.05, 3.63) is 86.7 Å². The summed E-state index contributed by atoms with van der Waals surface area (Å²) >= 11 is 11.6. The summed E-state index contributed by atoms with van der Waals surface area (Å²) in [5, 5.41) is 3.18. The van der Waals surface area contributed by atoms with Crippen LogP contribution in [0.1, 0.15) is 33.6 Å². The van der Waals surface area contributed by atoms with Gasteiger partial charge < -0.3 is 4.57 Å². The molecule has 5 nitrogen and oxygen atoms in total. The SMILES string of the molecule is Cc1ccc(C)c(-n2c(C)cc(/C=C3\C(=O)NC(=S)N(c4ccc(C)c(Cl)c4)C3=O)c2C)c1. The maximum absolute atomic E-state index is 13.4. The second kappa shape index (κ2) is 8.61. The summed E-state index contributed by atoms with van der Waals surface area (Å²) in [7, 11) is 0. The predicted molar refractivity (Wildman–Crippen MR) is 137 cm³/mol. The number of benzene rings is 2. The minimum Gasteiger partial charge on any atom is -0.318 e. The second-order valence-corrected chi connectivity index (χ2v) is 9.14. The molecule has 168 valence electrons. The Bertz CT molecular complexity index is 1370. The van der Waals surface area contributed by atoms with E-state index in [1.165, 1.54) is 4.90 Å². The number of carbonyl (C=O) groups excluding carboxylic acids is 2. The lowest BCUT2D eigenvalue weighted by Crippen LogP contribution is -2.54. The van der Waals surface area contributed by atoms with E-state index < -0.39 is 11.8 Å². The topological polar surface area (TPSA) is 54.3 Å². The first-order valence-electron chi connectivity index (χ1n) is 10.5. The van der Waals surface area contributed by atoms with E-state index in [-0.39, 0.29) is 10.7 Å². The molecule has 1 saturated heterocycles. The van der Waals surface area contributed by atoms with Gasteiger partial charge >= 0.3 is 0 Å². The summed E-state index contributed by atoms with van der Waals surface area (Å²) < 4.78 is 2.14. The Morgan fingerprint density at radius 1 is 0.939 bits per heavy atom. The van der Waals surface area contributed by atoms with Gasteiger partial charge in [-0.25, -0.2) is 0 Å². The highest BCUT2D eigenvalue weighted by molar-refractivity contribution is 7.80. The summed E-state index contributed by atoms with van der Waals surface area (Å²) in [5.74, 6) is -1.00. The zero-order valence-electron chi connectivity index (χ0n) is 19.1. The highest BCUT2D eigenvalue weighted by atomic mass is 35.5. The maximum atomic E-state index is 13.4. The number of amides is 2. The van der Waals surface area contributed by atoms with Crippen LogP contribution in [0, 0.1) is 34.6 Å². The molecular formula is C26H24ClN3O2S. The van der Waals surface area contributed by atoms with Crippen LogP contribution >= 0.6 is 23.8 Å². The van der Waals surface area contributed by atoms with Crippen LogP contribution in [0.5, 0.6) is 0 Å². The Balaban J connectivity index is 1.79. The van der Waals surface area contributed by atoms with Gasteiger partial charge in [0.15, 0.2) is 5.11 Å². The first-order valence-corrected chi connectivity index (χ1v) is 11.3. The van der Waals surface area contributed by atoms with Gasteiger partial charge in [0.25, 0.3) is 11.8 Å².